The third-order valence-electron chi connectivity index (χ3n) is 2.70. The van der Waals surface area contributed by atoms with E-state index in [4.69, 9.17) is 10.8 Å². The van der Waals surface area contributed by atoms with Gasteiger partial charge in [0.05, 0.1) is 6.04 Å². The van der Waals surface area contributed by atoms with Crippen molar-refractivity contribution in [3.05, 3.63) is 0 Å². The normalized spacial score (nSPS) is 23.2. The van der Waals surface area contributed by atoms with Crippen molar-refractivity contribution in [2.24, 2.45) is 11.7 Å². The lowest BCUT2D eigenvalue weighted by Crippen LogP contribution is -2.56. The molecule has 1 aliphatic rings. The summed E-state index contributed by atoms with van der Waals surface area (Å²) in [6.45, 7) is 4.19. The van der Waals surface area contributed by atoms with Gasteiger partial charge >= 0.3 is 5.97 Å². The number of aliphatic carboxylic acids is 1. The average Bonchev–Trinajstić information content (AvgIpc) is 2.26. The van der Waals surface area contributed by atoms with E-state index in [1.807, 2.05) is 13.8 Å². The zero-order valence-electron chi connectivity index (χ0n) is 9.55. The Morgan fingerprint density at radius 3 is 2.62 bits per heavy atom. The highest BCUT2D eigenvalue weighted by atomic mass is 32.2. The lowest BCUT2D eigenvalue weighted by atomic mass is 10.0. The molecule has 1 amide bonds. The van der Waals surface area contributed by atoms with E-state index in [2.05, 4.69) is 0 Å². The zero-order valence-corrected chi connectivity index (χ0v) is 10.4. The summed E-state index contributed by atoms with van der Waals surface area (Å²) >= 11 is 1.56. The van der Waals surface area contributed by atoms with E-state index in [1.165, 1.54) is 4.90 Å². The molecule has 3 N–H and O–H groups in total. The minimum atomic E-state index is -0.948. The van der Waals surface area contributed by atoms with Crippen LogP contribution in [0.5, 0.6) is 0 Å². The van der Waals surface area contributed by atoms with Gasteiger partial charge in [-0.2, -0.15) is 11.8 Å². The number of carboxylic acid groups (broad SMARTS) is 1. The number of thioether (sulfide) groups is 1. The second-order valence-corrected chi connectivity index (χ2v) is 5.38. The summed E-state index contributed by atoms with van der Waals surface area (Å²) in [7, 11) is 0. The van der Waals surface area contributed by atoms with Gasteiger partial charge in [0.1, 0.15) is 6.04 Å². The van der Waals surface area contributed by atoms with Gasteiger partial charge in [-0.05, 0) is 5.92 Å². The molecule has 0 radical (unpaired) electrons. The number of hydrogen-bond acceptors (Lipinski definition) is 4. The number of rotatable bonds is 3. The van der Waals surface area contributed by atoms with Gasteiger partial charge in [0, 0.05) is 18.1 Å². The molecule has 6 heteroatoms. The quantitative estimate of drug-likeness (QED) is 0.732. The summed E-state index contributed by atoms with van der Waals surface area (Å²) in [6, 6.07) is -1.33. The van der Waals surface area contributed by atoms with Crippen LogP contribution in [-0.2, 0) is 9.59 Å². The second kappa shape index (κ2) is 5.54. The smallest absolute Gasteiger partial charge is 0.327 e. The van der Waals surface area contributed by atoms with E-state index in [0.717, 1.165) is 5.75 Å². The van der Waals surface area contributed by atoms with Crippen molar-refractivity contribution in [2.45, 2.75) is 25.9 Å². The van der Waals surface area contributed by atoms with Crippen LogP contribution >= 0.6 is 11.8 Å². The van der Waals surface area contributed by atoms with Crippen LogP contribution in [0.15, 0.2) is 0 Å². The van der Waals surface area contributed by atoms with Crippen molar-refractivity contribution in [2.75, 3.05) is 18.1 Å². The van der Waals surface area contributed by atoms with E-state index in [0.29, 0.717) is 12.3 Å². The monoisotopic (exact) mass is 246 g/mol. The number of carbonyl (C=O) groups is 2. The first-order valence-corrected chi connectivity index (χ1v) is 6.47. The fourth-order valence-corrected chi connectivity index (χ4v) is 2.59. The molecular formula is C10H18N2O3S. The van der Waals surface area contributed by atoms with Crippen molar-refractivity contribution >= 4 is 23.6 Å². The molecule has 5 nitrogen and oxygen atoms in total. The fourth-order valence-electron chi connectivity index (χ4n) is 1.55. The van der Waals surface area contributed by atoms with Crippen molar-refractivity contribution in [3.8, 4) is 0 Å². The maximum Gasteiger partial charge on any atom is 0.327 e. The predicted molar refractivity (Wildman–Crippen MR) is 63.3 cm³/mol. The first-order chi connectivity index (χ1) is 7.45. The summed E-state index contributed by atoms with van der Waals surface area (Å²) in [4.78, 5) is 24.4. The molecule has 1 aliphatic heterocycles. The van der Waals surface area contributed by atoms with Crippen LogP contribution in [0.3, 0.4) is 0 Å². The van der Waals surface area contributed by atoms with Crippen LogP contribution in [0, 0.1) is 5.92 Å². The Morgan fingerprint density at radius 1 is 1.50 bits per heavy atom. The summed E-state index contributed by atoms with van der Waals surface area (Å²) < 4.78 is 0. The molecule has 16 heavy (non-hydrogen) atoms. The van der Waals surface area contributed by atoms with Crippen LogP contribution in [-0.4, -0.2) is 52.0 Å². The molecule has 0 aliphatic carbocycles. The molecule has 0 aromatic carbocycles. The number of nitrogens with two attached hydrogens (primary N) is 1. The molecule has 0 saturated carbocycles. The lowest BCUT2D eigenvalue weighted by molar-refractivity contribution is -0.150. The topological polar surface area (TPSA) is 83.6 Å². The Labute approximate surface area is 99.4 Å². The molecule has 2 unspecified atom stereocenters. The van der Waals surface area contributed by atoms with E-state index >= 15 is 0 Å². The van der Waals surface area contributed by atoms with Gasteiger partial charge in [-0.15, -0.1) is 0 Å². The average molecular weight is 246 g/mol. The molecule has 0 bridgehead atoms. The predicted octanol–water partition coefficient (Wildman–Crippen LogP) is -0.00170. The van der Waals surface area contributed by atoms with Crippen LogP contribution in [0.1, 0.15) is 13.8 Å². The zero-order chi connectivity index (χ0) is 12.3. The molecule has 0 aromatic heterocycles. The van der Waals surface area contributed by atoms with Crippen LogP contribution in [0.2, 0.25) is 0 Å². The largest absolute Gasteiger partial charge is 0.480 e. The van der Waals surface area contributed by atoms with Gasteiger partial charge < -0.3 is 15.7 Å². The van der Waals surface area contributed by atoms with E-state index in [1.54, 1.807) is 11.8 Å². The fraction of sp³-hybridized carbons (Fsp3) is 0.800. The van der Waals surface area contributed by atoms with Gasteiger partial charge in [0.2, 0.25) is 5.91 Å². The van der Waals surface area contributed by atoms with Gasteiger partial charge in [-0.25, -0.2) is 4.79 Å². The maximum atomic E-state index is 12.0. The Hall–Kier alpha value is -0.750. The molecule has 92 valence electrons. The summed E-state index contributed by atoms with van der Waals surface area (Å²) in [5.74, 6) is 0.0578. The van der Waals surface area contributed by atoms with Crippen LogP contribution in [0.4, 0.5) is 0 Å². The molecule has 0 spiro atoms. The number of carbonyl (C=O) groups excluding carboxylic acids is 1. The molecule has 1 saturated heterocycles. The molecule has 2 atom stereocenters. The number of carboxylic acids is 1. The Morgan fingerprint density at radius 2 is 2.12 bits per heavy atom. The molecular weight excluding hydrogens is 228 g/mol. The van der Waals surface area contributed by atoms with Crippen LogP contribution < -0.4 is 5.73 Å². The SMILES string of the molecule is CC(C)C(N)C(=O)N1CCSCC1C(=O)O. The summed E-state index contributed by atoms with van der Waals surface area (Å²) in [5, 5.41) is 9.03. The Kier molecular flexibility index (Phi) is 4.61. The van der Waals surface area contributed by atoms with Gasteiger partial charge in [0.25, 0.3) is 0 Å². The van der Waals surface area contributed by atoms with Crippen molar-refractivity contribution < 1.29 is 14.7 Å². The summed E-state index contributed by atoms with van der Waals surface area (Å²) in [5.41, 5.74) is 5.76. The first kappa shape index (κ1) is 13.3. The number of hydrogen-bond donors (Lipinski definition) is 2. The van der Waals surface area contributed by atoms with E-state index < -0.39 is 18.1 Å². The van der Waals surface area contributed by atoms with Gasteiger partial charge in [-0.1, -0.05) is 13.8 Å². The first-order valence-electron chi connectivity index (χ1n) is 5.31. The van der Waals surface area contributed by atoms with Gasteiger partial charge in [0.15, 0.2) is 0 Å². The third kappa shape index (κ3) is 2.89. The van der Waals surface area contributed by atoms with Crippen molar-refractivity contribution in [3.63, 3.8) is 0 Å². The molecule has 1 heterocycles. The van der Waals surface area contributed by atoms with Gasteiger partial charge in [-0.3, -0.25) is 4.79 Å². The Bertz CT molecular complexity index is 283. The summed E-state index contributed by atoms with van der Waals surface area (Å²) in [6.07, 6.45) is 0. The van der Waals surface area contributed by atoms with E-state index in [-0.39, 0.29) is 11.8 Å². The van der Waals surface area contributed by atoms with Crippen molar-refractivity contribution in [1.82, 2.24) is 4.90 Å². The minimum Gasteiger partial charge on any atom is -0.480 e. The highest BCUT2D eigenvalue weighted by molar-refractivity contribution is 7.99. The number of nitrogens with zero attached hydrogens (tertiary/aromatic N) is 1. The molecule has 0 aromatic rings. The highest BCUT2D eigenvalue weighted by Gasteiger charge is 2.35. The van der Waals surface area contributed by atoms with Crippen molar-refractivity contribution in [1.29, 1.82) is 0 Å². The third-order valence-corrected chi connectivity index (χ3v) is 3.72. The standard InChI is InChI=1S/C10H18N2O3S/c1-6(2)8(11)9(13)12-3-4-16-5-7(12)10(14)15/h6-8H,3-5,11H2,1-2H3,(H,14,15). The van der Waals surface area contributed by atoms with E-state index in [9.17, 15) is 9.59 Å². The lowest BCUT2D eigenvalue weighted by Gasteiger charge is -2.35. The molecule has 1 fully saturated rings. The molecule has 1 rings (SSSR count). The minimum absolute atomic E-state index is 0.0246. The second-order valence-electron chi connectivity index (χ2n) is 4.23. The highest BCUT2D eigenvalue weighted by Crippen LogP contribution is 2.18. The Balaban J connectivity index is 2.75. The maximum absolute atomic E-state index is 12.0. The van der Waals surface area contributed by atoms with Crippen LogP contribution in [0.25, 0.3) is 0 Å². The number of amides is 1.